The van der Waals surface area contributed by atoms with E-state index >= 15 is 0 Å². The van der Waals surface area contributed by atoms with Crippen molar-refractivity contribution in [2.75, 3.05) is 0 Å². The largest absolute Gasteiger partial charge is 0.488 e. The zero-order valence-electron chi connectivity index (χ0n) is 8.98. The molecule has 1 aromatic heterocycles. The summed E-state index contributed by atoms with van der Waals surface area (Å²) >= 11 is 0. The number of fused-ring (bicyclic) bond motifs is 2. The molecule has 0 N–H and O–H groups in total. The third kappa shape index (κ3) is 1.73. The van der Waals surface area contributed by atoms with Crippen molar-refractivity contribution in [2.24, 2.45) is 5.92 Å². The van der Waals surface area contributed by atoms with Gasteiger partial charge in [0, 0.05) is 12.1 Å². The van der Waals surface area contributed by atoms with E-state index in [1.807, 2.05) is 12.3 Å². The Labute approximate surface area is 90.7 Å². The van der Waals surface area contributed by atoms with Crippen molar-refractivity contribution >= 4 is 0 Å². The summed E-state index contributed by atoms with van der Waals surface area (Å²) < 4.78 is 6.05. The van der Waals surface area contributed by atoms with E-state index in [2.05, 4.69) is 11.1 Å². The first-order chi connectivity index (χ1) is 7.43. The van der Waals surface area contributed by atoms with Crippen LogP contribution in [0.2, 0.25) is 0 Å². The topological polar surface area (TPSA) is 22.1 Å². The highest BCUT2D eigenvalue weighted by Gasteiger charge is 2.31. The molecule has 1 aliphatic heterocycles. The second kappa shape index (κ2) is 3.84. The van der Waals surface area contributed by atoms with Gasteiger partial charge in [-0.25, -0.2) is 0 Å². The number of hydrogen-bond donors (Lipinski definition) is 0. The monoisotopic (exact) mass is 203 g/mol. The molecule has 0 spiro atoms. The molecule has 0 bridgehead atoms. The van der Waals surface area contributed by atoms with Gasteiger partial charge in [0.15, 0.2) is 0 Å². The van der Waals surface area contributed by atoms with Gasteiger partial charge < -0.3 is 4.74 Å². The normalized spacial score (nSPS) is 29.6. The zero-order valence-corrected chi connectivity index (χ0v) is 8.98. The van der Waals surface area contributed by atoms with Gasteiger partial charge in [-0.15, -0.1) is 0 Å². The fourth-order valence-corrected chi connectivity index (χ4v) is 2.83. The maximum atomic E-state index is 6.05. The third-order valence-electron chi connectivity index (χ3n) is 3.67. The fraction of sp³-hybridized carbons (Fsp3) is 0.615. The van der Waals surface area contributed by atoms with Crippen molar-refractivity contribution in [3.63, 3.8) is 0 Å². The molecule has 15 heavy (non-hydrogen) atoms. The van der Waals surface area contributed by atoms with Gasteiger partial charge in [-0.2, -0.15) is 0 Å². The fourth-order valence-electron chi connectivity index (χ4n) is 2.83. The van der Waals surface area contributed by atoms with E-state index in [0.717, 1.165) is 18.1 Å². The Hall–Kier alpha value is -1.05. The summed E-state index contributed by atoms with van der Waals surface area (Å²) in [6.45, 7) is 0. The Balaban J connectivity index is 1.87. The van der Waals surface area contributed by atoms with E-state index in [4.69, 9.17) is 4.74 Å². The predicted octanol–water partition coefficient (Wildman–Crippen LogP) is 2.97. The van der Waals surface area contributed by atoms with E-state index in [9.17, 15) is 0 Å². The Kier molecular flexibility index (Phi) is 2.35. The summed E-state index contributed by atoms with van der Waals surface area (Å²) in [6, 6.07) is 4.03. The molecular weight excluding hydrogens is 186 g/mol. The molecule has 2 nitrogen and oxygen atoms in total. The minimum atomic E-state index is 0.462. The smallest absolute Gasteiger partial charge is 0.141 e. The summed E-state index contributed by atoms with van der Waals surface area (Å²) in [7, 11) is 0. The summed E-state index contributed by atoms with van der Waals surface area (Å²) in [4.78, 5) is 4.42. The van der Waals surface area contributed by atoms with Crippen molar-refractivity contribution in [1.29, 1.82) is 0 Å². The molecule has 80 valence electrons. The molecule has 1 aromatic rings. The van der Waals surface area contributed by atoms with E-state index in [0.29, 0.717) is 6.10 Å². The van der Waals surface area contributed by atoms with Gasteiger partial charge in [0.2, 0.25) is 0 Å². The highest BCUT2D eigenvalue weighted by Crippen LogP contribution is 2.35. The average molecular weight is 203 g/mol. The predicted molar refractivity (Wildman–Crippen MR) is 58.9 cm³/mol. The quantitative estimate of drug-likeness (QED) is 0.646. The molecule has 1 saturated carbocycles. The van der Waals surface area contributed by atoms with E-state index in [1.165, 1.54) is 37.8 Å². The first kappa shape index (κ1) is 9.20. The molecule has 0 saturated heterocycles. The number of aromatic nitrogens is 1. The number of hydrogen-bond acceptors (Lipinski definition) is 2. The standard InChI is InChI=1S/C13H17NO/c1-2-5-10-9-11-13(7-4-8-14-11)15-12(10)6-3-1/h4,7-8,10,12H,1-3,5-6,9H2/t10-,12+/m1/s1. The first-order valence-electron chi connectivity index (χ1n) is 6.04. The average Bonchev–Trinajstić information content (AvgIpc) is 2.50. The molecule has 0 unspecified atom stereocenters. The summed E-state index contributed by atoms with van der Waals surface area (Å²) in [5.74, 6) is 1.75. The molecule has 1 aliphatic carbocycles. The lowest BCUT2D eigenvalue weighted by atomic mass is 9.89. The van der Waals surface area contributed by atoms with Crippen LogP contribution in [0.5, 0.6) is 5.75 Å². The van der Waals surface area contributed by atoms with Gasteiger partial charge in [-0.05, 0) is 37.8 Å². The minimum absolute atomic E-state index is 0.462. The van der Waals surface area contributed by atoms with Crippen molar-refractivity contribution in [3.8, 4) is 5.75 Å². The minimum Gasteiger partial charge on any atom is -0.488 e. The number of rotatable bonds is 0. The molecule has 2 atom stereocenters. The van der Waals surface area contributed by atoms with Crippen LogP contribution in [0.1, 0.15) is 37.8 Å². The number of nitrogens with zero attached hydrogens (tertiary/aromatic N) is 1. The molecule has 0 aromatic carbocycles. The first-order valence-corrected chi connectivity index (χ1v) is 6.04. The van der Waals surface area contributed by atoms with Gasteiger partial charge in [-0.3, -0.25) is 4.98 Å². The van der Waals surface area contributed by atoms with Crippen molar-refractivity contribution in [1.82, 2.24) is 4.98 Å². The molecule has 0 amide bonds. The highest BCUT2D eigenvalue weighted by atomic mass is 16.5. The van der Waals surface area contributed by atoms with Crippen LogP contribution in [0.3, 0.4) is 0 Å². The Bertz CT molecular complexity index is 317. The van der Waals surface area contributed by atoms with E-state index < -0.39 is 0 Å². The van der Waals surface area contributed by atoms with Gasteiger partial charge in [0.1, 0.15) is 11.9 Å². The van der Waals surface area contributed by atoms with Crippen LogP contribution in [0.15, 0.2) is 18.3 Å². The highest BCUT2D eigenvalue weighted by molar-refractivity contribution is 5.29. The van der Waals surface area contributed by atoms with Crippen LogP contribution in [-0.4, -0.2) is 11.1 Å². The number of pyridine rings is 1. The maximum absolute atomic E-state index is 6.05. The number of ether oxygens (including phenoxy) is 1. The van der Waals surface area contributed by atoms with Gasteiger partial charge >= 0.3 is 0 Å². The molecule has 2 heterocycles. The van der Waals surface area contributed by atoms with Gasteiger partial charge in [0.05, 0.1) is 5.69 Å². The van der Waals surface area contributed by atoms with Crippen molar-refractivity contribution < 1.29 is 4.74 Å². The van der Waals surface area contributed by atoms with Crippen molar-refractivity contribution in [3.05, 3.63) is 24.0 Å². The van der Waals surface area contributed by atoms with Gasteiger partial charge in [0.25, 0.3) is 0 Å². The Morgan fingerprint density at radius 3 is 3.13 bits per heavy atom. The third-order valence-corrected chi connectivity index (χ3v) is 3.67. The van der Waals surface area contributed by atoms with Gasteiger partial charge in [-0.1, -0.05) is 12.8 Å². The molecular formula is C13H17NO. The molecule has 1 fully saturated rings. The lowest BCUT2D eigenvalue weighted by Crippen LogP contribution is -2.32. The Morgan fingerprint density at radius 2 is 2.13 bits per heavy atom. The maximum Gasteiger partial charge on any atom is 0.141 e. The lowest BCUT2D eigenvalue weighted by molar-refractivity contribution is 0.104. The van der Waals surface area contributed by atoms with Crippen LogP contribution in [0.25, 0.3) is 0 Å². The zero-order chi connectivity index (χ0) is 10.1. The van der Waals surface area contributed by atoms with Crippen LogP contribution < -0.4 is 4.74 Å². The second-order valence-corrected chi connectivity index (χ2v) is 4.71. The van der Waals surface area contributed by atoms with Crippen LogP contribution in [-0.2, 0) is 6.42 Å². The van der Waals surface area contributed by atoms with Crippen LogP contribution >= 0.6 is 0 Å². The van der Waals surface area contributed by atoms with Crippen LogP contribution in [0.4, 0.5) is 0 Å². The summed E-state index contributed by atoms with van der Waals surface area (Å²) in [6.07, 6.45) is 10.1. The molecule has 2 heteroatoms. The molecule has 2 aliphatic rings. The van der Waals surface area contributed by atoms with Crippen LogP contribution in [0, 0.1) is 5.92 Å². The summed E-state index contributed by atoms with van der Waals surface area (Å²) in [5.41, 5.74) is 1.17. The van der Waals surface area contributed by atoms with E-state index in [-0.39, 0.29) is 0 Å². The lowest BCUT2D eigenvalue weighted by Gasteiger charge is -2.31. The van der Waals surface area contributed by atoms with Crippen molar-refractivity contribution in [2.45, 2.75) is 44.6 Å². The van der Waals surface area contributed by atoms with E-state index in [1.54, 1.807) is 0 Å². The summed E-state index contributed by atoms with van der Waals surface area (Å²) in [5, 5.41) is 0. The second-order valence-electron chi connectivity index (χ2n) is 4.71. The Morgan fingerprint density at radius 1 is 1.20 bits per heavy atom. The molecule has 0 radical (unpaired) electrons. The molecule has 3 rings (SSSR count). The SMILES string of the molecule is c1cnc2c(c1)O[C@H]1CCCCC[C@@H]1C2.